The fraction of sp³-hybridized carbons (Fsp3) is 0.708. The van der Waals surface area contributed by atoms with Crippen molar-refractivity contribution in [3.05, 3.63) is 18.6 Å². The van der Waals surface area contributed by atoms with Crippen molar-refractivity contribution < 1.29 is 14.3 Å². The van der Waals surface area contributed by atoms with E-state index in [1.807, 2.05) is 31.9 Å². The van der Waals surface area contributed by atoms with Crippen LogP contribution in [0.5, 0.6) is 0 Å². The molecule has 0 saturated carbocycles. The fourth-order valence-corrected chi connectivity index (χ4v) is 5.62. The van der Waals surface area contributed by atoms with E-state index in [1.165, 1.54) is 0 Å². The monoisotopic (exact) mass is 473 g/mol. The summed E-state index contributed by atoms with van der Waals surface area (Å²) in [6.45, 7) is 15.8. The van der Waals surface area contributed by atoms with Crippen molar-refractivity contribution in [3.63, 3.8) is 0 Å². The van der Waals surface area contributed by atoms with Gasteiger partial charge in [0.15, 0.2) is 0 Å². The van der Waals surface area contributed by atoms with Crippen LogP contribution in [0, 0.1) is 0 Å². The average Bonchev–Trinajstić information content (AvgIpc) is 3.33. The predicted octanol–water partition coefficient (Wildman–Crippen LogP) is 4.72. The first-order valence-electron chi connectivity index (χ1n) is 12.2. The topological polar surface area (TPSA) is 72.7 Å². The lowest BCUT2D eigenvalue weighted by Gasteiger charge is -2.40. The molecule has 0 aliphatic carbocycles. The van der Waals surface area contributed by atoms with Crippen LogP contribution in [0.1, 0.15) is 40.0 Å². The van der Waals surface area contributed by atoms with Gasteiger partial charge in [0, 0.05) is 34.0 Å². The molecule has 8 nitrogen and oxygen atoms in total. The van der Waals surface area contributed by atoms with Crippen molar-refractivity contribution in [2.24, 2.45) is 0 Å². The average molecular weight is 474 g/mol. The Bertz CT molecular complexity index is 981. The third kappa shape index (κ3) is 5.51. The summed E-state index contributed by atoms with van der Waals surface area (Å²) in [6, 6.07) is 3.65. The van der Waals surface area contributed by atoms with Crippen LogP contribution in [-0.4, -0.2) is 71.0 Å². The van der Waals surface area contributed by atoms with E-state index < -0.39 is 13.7 Å². The van der Waals surface area contributed by atoms with Gasteiger partial charge in [0.1, 0.15) is 30.1 Å². The first kappa shape index (κ1) is 24.0. The van der Waals surface area contributed by atoms with Crippen molar-refractivity contribution in [1.29, 1.82) is 0 Å². The van der Waals surface area contributed by atoms with Gasteiger partial charge in [-0.3, -0.25) is 0 Å². The Kier molecular flexibility index (Phi) is 6.73. The highest BCUT2D eigenvalue weighted by molar-refractivity contribution is 6.76. The first-order valence-corrected chi connectivity index (χ1v) is 15.9. The van der Waals surface area contributed by atoms with Crippen LogP contribution >= 0.6 is 0 Å². The highest BCUT2D eigenvalue weighted by atomic mass is 28.3. The molecule has 1 amide bonds. The van der Waals surface area contributed by atoms with Crippen molar-refractivity contribution in [2.75, 3.05) is 24.6 Å². The molecule has 0 N–H and O–H groups in total. The van der Waals surface area contributed by atoms with Crippen LogP contribution in [-0.2, 0) is 16.2 Å². The molecule has 2 fully saturated rings. The number of carbonyl (C=O) groups excluding carboxylic acids is 1. The smallest absolute Gasteiger partial charge is 0.410 e. The molecule has 2 saturated heterocycles. The Morgan fingerprint density at radius 2 is 1.94 bits per heavy atom. The molecule has 2 aliphatic rings. The van der Waals surface area contributed by atoms with Crippen molar-refractivity contribution in [1.82, 2.24) is 19.4 Å². The Balaban J connectivity index is 1.50. The Morgan fingerprint density at radius 1 is 1.15 bits per heavy atom. The minimum atomic E-state index is -1.11. The molecule has 2 unspecified atom stereocenters. The largest absolute Gasteiger partial charge is 0.444 e. The third-order valence-electron chi connectivity index (χ3n) is 6.47. The van der Waals surface area contributed by atoms with Crippen LogP contribution in [0.3, 0.4) is 0 Å². The molecular formula is C24H39N5O3Si. The van der Waals surface area contributed by atoms with Gasteiger partial charge < -0.3 is 23.8 Å². The van der Waals surface area contributed by atoms with Crippen LogP contribution in [0.15, 0.2) is 18.6 Å². The maximum atomic E-state index is 12.8. The van der Waals surface area contributed by atoms with Crippen molar-refractivity contribution in [3.8, 4) is 0 Å². The van der Waals surface area contributed by atoms with E-state index in [2.05, 4.69) is 40.2 Å². The lowest BCUT2D eigenvalue weighted by atomic mass is 9.96. The number of carbonyl (C=O) groups is 1. The van der Waals surface area contributed by atoms with Gasteiger partial charge in [-0.2, -0.15) is 0 Å². The van der Waals surface area contributed by atoms with Gasteiger partial charge in [0.25, 0.3) is 0 Å². The summed E-state index contributed by atoms with van der Waals surface area (Å²) in [4.78, 5) is 26.4. The van der Waals surface area contributed by atoms with E-state index in [0.717, 1.165) is 61.9 Å². The molecule has 2 aromatic rings. The lowest BCUT2D eigenvalue weighted by Crippen LogP contribution is -2.52. The number of fused-ring (bicyclic) bond motifs is 2. The number of aromatic nitrogens is 3. The molecule has 4 heterocycles. The molecule has 2 aliphatic heterocycles. The summed E-state index contributed by atoms with van der Waals surface area (Å²) in [5, 5.41) is 1.04. The Morgan fingerprint density at radius 3 is 2.67 bits per heavy atom. The molecular weight excluding hydrogens is 434 g/mol. The molecule has 0 bridgehead atoms. The van der Waals surface area contributed by atoms with Gasteiger partial charge in [0.2, 0.25) is 0 Å². The van der Waals surface area contributed by atoms with Crippen LogP contribution < -0.4 is 4.90 Å². The van der Waals surface area contributed by atoms with Gasteiger partial charge in [-0.15, -0.1) is 0 Å². The van der Waals surface area contributed by atoms with Gasteiger partial charge in [-0.25, -0.2) is 14.8 Å². The SMILES string of the molecule is CC(C)(C)OC(=O)N1CCC2C1CCCN2c1ncnc2c1ccn2COCC[Si](C)(C)C. The quantitative estimate of drug-likeness (QED) is 0.446. The van der Waals surface area contributed by atoms with E-state index >= 15 is 0 Å². The molecule has 4 rings (SSSR count). The zero-order valence-electron chi connectivity index (χ0n) is 21.0. The third-order valence-corrected chi connectivity index (χ3v) is 8.18. The maximum Gasteiger partial charge on any atom is 0.410 e. The molecule has 0 spiro atoms. The van der Waals surface area contributed by atoms with Gasteiger partial charge in [0.05, 0.1) is 17.5 Å². The number of piperidine rings is 1. The fourth-order valence-electron chi connectivity index (χ4n) is 4.86. The van der Waals surface area contributed by atoms with Crippen LogP contribution in [0.2, 0.25) is 25.7 Å². The normalized spacial score (nSPS) is 21.5. The minimum absolute atomic E-state index is 0.158. The molecule has 33 heavy (non-hydrogen) atoms. The number of anilines is 1. The summed E-state index contributed by atoms with van der Waals surface area (Å²) in [6.07, 6.45) is 6.44. The minimum Gasteiger partial charge on any atom is -0.444 e. The lowest BCUT2D eigenvalue weighted by molar-refractivity contribution is 0.0204. The van der Waals surface area contributed by atoms with Crippen LogP contribution in [0.25, 0.3) is 11.0 Å². The van der Waals surface area contributed by atoms with Crippen molar-refractivity contribution in [2.45, 2.75) is 90.1 Å². The summed E-state index contributed by atoms with van der Waals surface area (Å²) >= 11 is 0. The van der Waals surface area contributed by atoms with Gasteiger partial charge in [-0.1, -0.05) is 19.6 Å². The highest BCUT2D eigenvalue weighted by Crippen LogP contribution is 2.36. The second kappa shape index (κ2) is 9.25. The van der Waals surface area contributed by atoms with E-state index in [4.69, 9.17) is 14.5 Å². The number of rotatable bonds is 6. The molecule has 0 radical (unpaired) electrons. The highest BCUT2D eigenvalue weighted by Gasteiger charge is 2.44. The van der Waals surface area contributed by atoms with E-state index in [-0.39, 0.29) is 18.2 Å². The Labute approximate surface area is 198 Å². The molecule has 9 heteroatoms. The molecule has 2 aromatic heterocycles. The summed E-state index contributed by atoms with van der Waals surface area (Å²) in [5.41, 5.74) is 0.416. The Hall–Kier alpha value is -2.13. The number of ether oxygens (including phenoxy) is 2. The number of hydrogen-bond donors (Lipinski definition) is 0. The zero-order chi connectivity index (χ0) is 23.8. The predicted molar refractivity (Wildman–Crippen MR) is 133 cm³/mol. The molecule has 2 atom stereocenters. The van der Waals surface area contributed by atoms with Gasteiger partial charge >= 0.3 is 6.09 Å². The van der Waals surface area contributed by atoms with E-state index in [9.17, 15) is 4.79 Å². The number of nitrogens with zero attached hydrogens (tertiary/aromatic N) is 5. The van der Waals surface area contributed by atoms with E-state index in [1.54, 1.807) is 6.33 Å². The zero-order valence-corrected chi connectivity index (χ0v) is 22.0. The number of amides is 1. The maximum absolute atomic E-state index is 12.8. The van der Waals surface area contributed by atoms with Crippen LogP contribution in [0.4, 0.5) is 10.6 Å². The van der Waals surface area contributed by atoms with E-state index in [0.29, 0.717) is 6.73 Å². The second-order valence-electron chi connectivity index (χ2n) is 11.5. The standard InChI is InChI=1S/C24H39N5O3Si/c1-24(2,3)32-23(30)29-13-10-20-19(29)8-7-11-28(20)22-18-9-12-27(21(18)25-16-26-22)17-31-14-15-33(4,5)6/h9,12,16,19-20H,7-8,10-11,13-15,17H2,1-6H3. The summed E-state index contributed by atoms with van der Waals surface area (Å²) in [5.74, 6) is 0.960. The number of likely N-dealkylation sites (tertiary alicyclic amines) is 1. The van der Waals surface area contributed by atoms with Crippen molar-refractivity contribution >= 4 is 31.0 Å². The van der Waals surface area contributed by atoms with Gasteiger partial charge in [-0.05, 0) is 52.1 Å². The summed E-state index contributed by atoms with van der Waals surface area (Å²) in [7, 11) is -1.11. The molecule has 182 valence electrons. The summed E-state index contributed by atoms with van der Waals surface area (Å²) < 4.78 is 13.7. The first-order chi connectivity index (χ1) is 15.5. The number of hydrogen-bond acceptors (Lipinski definition) is 6. The second-order valence-corrected chi connectivity index (χ2v) is 17.1. The molecule has 0 aromatic carbocycles.